The summed E-state index contributed by atoms with van der Waals surface area (Å²) in [5, 5.41) is 0. The van der Waals surface area contributed by atoms with E-state index in [1.165, 1.54) is 12.1 Å². The summed E-state index contributed by atoms with van der Waals surface area (Å²) in [7, 11) is 1.51. The van der Waals surface area contributed by atoms with Crippen molar-refractivity contribution in [2.45, 2.75) is 37.7 Å². The smallest absolute Gasteiger partial charge is 0.306 e. The topological polar surface area (TPSA) is 69.7 Å². The van der Waals surface area contributed by atoms with Crippen molar-refractivity contribution in [1.29, 1.82) is 0 Å². The third-order valence-corrected chi connectivity index (χ3v) is 4.08. The van der Waals surface area contributed by atoms with Gasteiger partial charge in [0.25, 0.3) is 9.05 Å². The fourth-order valence-corrected chi connectivity index (χ4v) is 2.44. The van der Waals surface area contributed by atoms with Gasteiger partial charge in [-0.3, -0.25) is 4.79 Å². The maximum absolute atomic E-state index is 11.6. The molecule has 118 valence electrons. The molecular formula is C14H19ClO5S. The molecule has 0 aliphatic heterocycles. The number of carbonyl (C=O) groups excluding carboxylic acids is 1. The standard InChI is InChI=1S/C14H19ClO5S/c1-3-19-10-11(2)20-14(16)9-6-12-4-7-13(8-5-12)21(15,17)18/h4-5,7-8,11H,3,6,9-10H2,1-2H3. The van der Waals surface area contributed by atoms with Crippen molar-refractivity contribution in [2.24, 2.45) is 0 Å². The van der Waals surface area contributed by atoms with E-state index in [4.69, 9.17) is 20.2 Å². The number of hydrogen-bond acceptors (Lipinski definition) is 5. The van der Waals surface area contributed by atoms with Gasteiger partial charge in [-0.05, 0) is 38.0 Å². The van der Waals surface area contributed by atoms with E-state index in [0.29, 0.717) is 19.6 Å². The molecule has 0 aliphatic rings. The van der Waals surface area contributed by atoms with E-state index in [9.17, 15) is 13.2 Å². The number of carbonyl (C=O) groups is 1. The number of aryl methyl sites for hydroxylation is 1. The van der Waals surface area contributed by atoms with E-state index < -0.39 is 9.05 Å². The highest BCUT2D eigenvalue weighted by atomic mass is 35.7. The zero-order valence-electron chi connectivity index (χ0n) is 12.0. The predicted octanol–water partition coefficient (Wildman–Crippen LogP) is 2.51. The zero-order chi connectivity index (χ0) is 15.9. The van der Waals surface area contributed by atoms with Gasteiger partial charge in [0.05, 0.1) is 11.5 Å². The first-order chi connectivity index (χ1) is 9.82. The average Bonchev–Trinajstić information content (AvgIpc) is 2.42. The van der Waals surface area contributed by atoms with Gasteiger partial charge in [-0.25, -0.2) is 8.42 Å². The molecule has 5 nitrogen and oxygen atoms in total. The number of esters is 1. The highest BCUT2D eigenvalue weighted by Gasteiger charge is 2.11. The molecule has 0 saturated heterocycles. The largest absolute Gasteiger partial charge is 0.460 e. The van der Waals surface area contributed by atoms with Crippen LogP contribution < -0.4 is 0 Å². The summed E-state index contributed by atoms with van der Waals surface area (Å²) in [6.45, 7) is 4.61. The average molecular weight is 335 g/mol. The Bertz CT molecular complexity index is 553. The first-order valence-corrected chi connectivity index (χ1v) is 8.94. The zero-order valence-corrected chi connectivity index (χ0v) is 13.6. The van der Waals surface area contributed by atoms with Crippen LogP contribution in [0.3, 0.4) is 0 Å². The van der Waals surface area contributed by atoms with E-state index in [0.717, 1.165) is 5.56 Å². The number of benzene rings is 1. The van der Waals surface area contributed by atoms with Crippen LogP contribution in [-0.4, -0.2) is 33.7 Å². The van der Waals surface area contributed by atoms with Crippen LogP contribution in [0.2, 0.25) is 0 Å². The summed E-state index contributed by atoms with van der Waals surface area (Å²) in [5.41, 5.74) is 0.841. The minimum absolute atomic E-state index is 0.0424. The van der Waals surface area contributed by atoms with Crippen molar-refractivity contribution in [3.63, 3.8) is 0 Å². The Morgan fingerprint density at radius 1 is 1.29 bits per heavy atom. The van der Waals surface area contributed by atoms with Gasteiger partial charge in [0, 0.05) is 23.7 Å². The Labute approximate surface area is 129 Å². The minimum atomic E-state index is -3.71. The molecule has 0 amide bonds. The lowest BCUT2D eigenvalue weighted by Crippen LogP contribution is -2.20. The van der Waals surface area contributed by atoms with Crippen LogP contribution in [0.4, 0.5) is 0 Å². The molecule has 0 bridgehead atoms. The summed E-state index contributed by atoms with van der Waals surface area (Å²) < 4.78 is 32.5. The maximum atomic E-state index is 11.6. The fourth-order valence-electron chi connectivity index (χ4n) is 1.67. The van der Waals surface area contributed by atoms with E-state index in [-0.39, 0.29) is 23.4 Å². The molecule has 0 heterocycles. The highest BCUT2D eigenvalue weighted by Crippen LogP contribution is 2.16. The molecule has 0 aliphatic carbocycles. The molecule has 0 radical (unpaired) electrons. The molecule has 0 N–H and O–H groups in total. The monoisotopic (exact) mass is 334 g/mol. The van der Waals surface area contributed by atoms with Crippen molar-refractivity contribution < 1.29 is 22.7 Å². The number of halogens is 1. The molecule has 7 heteroatoms. The number of hydrogen-bond donors (Lipinski definition) is 0. The van der Waals surface area contributed by atoms with Gasteiger partial charge in [-0.15, -0.1) is 0 Å². The Morgan fingerprint density at radius 3 is 2.43 bits per heavy atom. The third kappa shape index (κ3) is 6.93. The molecule has 0 saturated carbocycles. The normalized spacial score (nSPS) is 12.9. The summed E-state index contributed by atoms with van der Waals surface area (Å²) in [5.74, 6) is -0.309. The van der Waals surface area contributed by atoms with E-state index in [2.05, 4.69) is 0 Å². The Morgan fingerprint density at radius 2 is 1.90 bits per heavy atom. The summed E-state index contributed by atoms with van der Waals surface area (Å²) in [6.07, 6.45) is 0.424. The lowest BCUT2D eigenvalue weighted by molar-refractivity contribution is -0.150. The summed E-state index contributed by atoms with van der Waals surface area (Å²) in [6, 6.07) is 6.10. The van der Waals surface area contributed by atoms with Gasteiger partial charge in [-0.2, -0.15) is 0 Å². The van der Waals surface area contributed by atoms with Gasteiger partial charge in [-0.1, -0.05) is 12.1 Å². The van der Waals surface area contributed by atoms with Crippen molar-refractivity contribution in [3.8, 4) is 0 Å². The molecule has 1 aromatic carbocycles. The number of ether oxygens (including phenoxy) is 2. The SMILES string of the molecule is CCOCC(C)OC(=O)CCc1ccc(S(=O)(=O)Cl)cc1. The van der Waals surface area contributed by atoms with E-state index >= 15 is 0 Å². The molecular weight excluding hydrogens is 316 g/mol. The van der Waals surface area contributed by atoms with E-state index in [1.807, 2.05) is 6.92 Å². The van der Waals surface area contributed by atoms with Gasteiger partial charge >= 0.3 is 5.97 Å². The summed E-state index contributed by atoms with van der Waals surface area (Å²) >= 11 is 0. The highest BCUT2D eigenvalue weighted by molar-refractivity contribution is 8.13. The maximum Gasteiger partial charge on any atom is 0.306 e. The second-order valence-electron chi connectivity index (χ2n) is 4.54. The fraction of sp³-hybridized carbons (Fsp3) is 0.500. The Balaban J connectivity index is 2.43. The van der Waals surface area contributed by atoms with Crippen LogP contribution >= 0.6 is 10.7 Å². The van der Waals surface area contributed by atoms with Gasteiger partial charge in [0.2, 0.25) is 0 Å². The first-order valence-electron chi connectivity index (χ1n) is 6.63. The Kier molecular flexibility index (Phi) is 7.14. The minimum Gasteiger partial charge on any atom is -0.460 e. The van der Waals surface area contributed by atoms with E-state index in [1.54, 1.807) is 19.1 Å². The van der Waals surface area contributed by atoms with Gasteiger partial charge in [0.1, 0.15) is 6.10 Å². The Hall–Kier alpha value is -1.11. The summed E-state index contributed by atoms with van der Waals surface area (Å²) in [4.78, 5) is 11.7. The van der Waals surface area contributed by atoms with Crippen molar-refractivity contribution in [1.82, 2.24) is 0 Å². The van der Waals surface area contributed by atoms with Crippen molar-refractivity contribution in [3.05, 3.63) is 29.8 Å². The van der Waals surface area contributed by atoms with Crippen LogP contribution in [0.5, 0.6) is 0 Å². The van der Waals surface area contributed by atoms with Gasteiger partial charge in [0.15, 0.2) is 0 Å². The van der Waals surface area contributed by atoms with Crippen LogP contribution in [0.1, 0.15) is 25.8 Å². The van der Waals surface area contributed by atoms with Gasteiger partial charge < -0.3 is 9.47 Å². The molecule has 0 aromatic heterocycles. The predicted molar refractivity (Wildman–Crippen MR) is 79.8 cm³/mol. The lowest BCUT2D eigenvalue weighted by atomic mass is 10.1. The quantitative estimate of drug-likeness (QED) is 0.539. The first kappa shape index (κ1) is 17.9. The second kappa shape index (κ2) is 8.36. The third-order valence-electron chi connectivity index (χ3n) is 2.71. The molecule has 0 spiro atoms. The molecule has 0 fully saturated rings. The van der Waals surface area contributed by atoms with Crippen molar-refractivity contribution >= 4 is 25.7 Å². The molecule has 1 unspecified atom stereocenters. The van der Waals surface area contributed by atoms with Crippen LogP contribution in [0, 0.1) is 0 Å². The van der Waals surface area contributed by atoms with Crippen LogP contribution in [0.25, 0.3) is 0 Å². The van der Waals surface area contributed by atoms with Crippen LogP contribution in [-0.2, 0) is 29.7 Å². The van der Waals surface area contributed by atoms with Crippen LogP contribution in [0.15, 0.2) is 29.2 Å². The molecule has 1 aromatic rings. The molecule has 1 rings (SSSR count). The molecule has 1 atom stereocenters. The number of rotatable bonds is 8. The van der Waals surface area contributed by atoms with Crippen molar-refractivity contribution in [2.75, 3.05) is 13.2 Å². The second-order valence-corrected chi connectivity index (χ2v) is 7.11. The molecule has 21 heavy (non-hydrogen) atoms. The lowest BCUT2D eigenvalue weighted by Gasteiger charge is -2.12.